The smallest absolute Gasteiger partial charge is 0.333 e. The van der Waals surface area contributed by atoms with Crippen molar-refractivity contribution < 1.29 is 9.66 Å². The molecule has 1 unspecified atom stereocenters. The van der Waals surface area contributed by atoms with Crippen LogP contribution in [-0.4, -0.2) is 24.1 Å². The summed E-state index contributed by atoms with van der Waals surface area (Å²) in [5, 5.41) is 14.4. The molecule has 0 aromatic heterocycles. The second-order valence-corrected chi connectivity index (χ2v) is 4.62. The molecular weight excluding hydrogens is 258 g/mol. The van der Waals surface area contributed by atoms with Crippen LogP contribution in [0.2, 0.25) is 0 Å². The molecule has 6 heteroatoms. The fraction of sp³-hybridized carbons (Fsp3) is 0.571. The lowest BCUT2D eigenvalue weighted by molar-refractivity contribution is -0.385. The van der Waals surface area contributed by atoms with E-state index in [9.17, 15) is 10.1 Å². The third kappa shape index (κ3) is 4.38. The van der Waals surface area contributed by atoms with Crippen molar-refractivity contribution in [1.29, 1.82) is 0 Å². The second kappa shape index (κ2) is 8.37. The van der Waals surface area contributed by atoms with Gasteiger partial charge in [0.15, 0.2) is 5.75 Å². The summed E-state index contributed by atoms with van der Waals surface area (Å²) in [6.45, 7) is 4.91. The molecule has 3 N–H and O–H groups in total. The Kier molecular flexibility index (Phi) is 6.79. The van der Waals surface area contributed by atoms with Gasteiger partial charge in [-0.05, 0) is 25.0 Å². The van der Waals surface area contributed by atoms with E-state index in [1.807, 2.05) is 6.92 Å². The van der Waals surface area contributed by atoms with Gasteiger partial charge in [0.05, 0.1) is 11.5 Å². The lowest BCUT2D eigenvalue weighted by atomic mass is 10.1. The fourth-order valence-corrected chi connectivity index (χ4v) is 1.97. The third-order valence-corrected chi connectivity index (χ3v) is 2.92. The zero-order valence-corrected chi connectivity index (χ0v) is 12.1. The number of para-hydroxylation sites is 1. The number of nitro benzene ring substituents is 1. The van der Waals surface area contributed by atoms with Gasteiger partial charge in [-0.25, -0.2) is 0 Å². The molecule has 20 heavy (non-hydrogen) atoms. The van der Waals surface area contributed by atoms with E-state index in [1.54, 1.807) is 18.2 Å². The topological polar surface area (TPSA) is 90.4 Å². The molecule has 0 amide bonds. The van der Waals surface area contributed by atoms with Gasteiger partial charge in [0.25, 0.3) is 0 Å². The van der Waals surface area contributed by atoms with Crippen molar-refractivity contribution in [3.63, 3.8) is 0 Å². The zero-order chi connectivity index (χ0) is 15.0. The van der Waals surface area contributed by atoms with Crippen LogP contribution in [0.5, 0.6) is 5.75 Å². The Labute approximate surface area is 119 Å². The lowest BCUT2D eigenvalue weighted by Gasteiger charge is -2.18. The summed E-state index contributed by atoms with van der Waals surface area (Å²) in [5.41, 5.74) is 6.13. The average Bonchev–Trinajstić information content (AvgIpc) is 2.44. The number of hydrogen-bond acceptors (Lipinski definition) is 5. The normalized spacial score (nSPS) is 11.9. The molecule has 0 saturated carbocycles. The Hall–Kier alpha value is -1.82. The number of nitrogens with one attached hydrogen (secondary N) is 1. The minimum Gasteiger partial charge on any atom is -0.487 e. The SMILES string of the molecule is CCCOc1cccc(NC(CN)CCC)c1[N+](=O)[O-]. The summed E-state index contributed by atoms with van der Waals surface area (Å²) in [4.78, 5) is 10.9. The van der Waals surface area contributed by atoms with E-state index in [2.05, 4.69) is 12.2 Å². The summed E-state index contributed by atoms with van der Waals surface area (Å²) < 4.78 is 5.45. The molecule has 0 aliphatic carbocycles. The van der Waals surface area contributed by atoms with Crippen LogP contribution < -0.4 is 15.8 Å². The number of ether oxygens (including phenoxy) is 1. The van der Waals surface area contributed by atoms with Crippen molar-refractivity contribution in [1.82, 2.24) is 0 Å². The lowest BCUT2D eigenvalue weighted by Crippen LogP contribution is -2.28. The van der Waals surface area contributed by atoms with Gasteiger partial charge in [0, 0.05) is 12.6 Å². The van der Waals surface area contributed by atoms with Crippen LogP contribution in [-0.2, 0) is 0 Å². The van der Waals surface area contributed by atoms with E-state index < -0.39 is 4.92 Å². The van der Waals surface area contributed by atoms with E-state index in [0.717, 1.165) is 19.3 Å². The van der Waals surface area contributed by atoms with Crippen LogP contribution in [0.3, 0.4) is 0 Å². The number of benzene rings is 1. The van der Waals surface area contributed by atoms with E-state index in [-0.39, 0.29) is 11.7 Å². The second-order valence-electron chi connectivity index (χ2n) is 4.62. The first-order valence-electron chi connectivity index (χ1n) is 7.00. The Bertz CT molecular complexity index is 438. The molecule has 0 spiro atoms. The molecule has 0 fully saturated rings. The largest absolute Gasteiger partial charge is 0.487 e. The highest BCUT2D eigenvalue weighted by atomic mass is 16.6. The van der Waals surface area contributed by atoms with Crippen molar-refractivity contribution in [2.24, 2.45) is 5.73 Å². The average molecular weight is 281 g/mol. The number of hydrogen-bond donors (Lipinski definition) is 2. The molecule has 1 aromatic rings. The van der Waals surface area contributed by atoms with Gasteiger partial charge < -0.3 is 15.8 Å². The minimum absolute atomic E-state index is 0.0181. The molecule has 1 aromatic carbocycles. The highest BCUT2D eigenvalue weighted by Gasteiger charge is 2.22. The summed E-state index contributed by atoms with van der Waals surface area (Å²) in [5.74, 6) is 0.300. The maximum atomic E-state index is 11.3. The number of nitrogens with two attached hydrogens (primary N) is 1. The monoisotopic (exact) mass is 281 g/mol. The minimum atomic E-state index is -0.410. The van der Waals surface area contributed by atoms with Crippen LogP contribution in [0.15, 0.2) is 18.2 Å². The van der Waals surface area contributed by atoms with Crippen LogP contribution in [0.1, 0.15) is 33.1 Å². The quantitative estimate of drug-likeness (QED) is 0.536. The number of nitrogens with zero attached hydrogens (tertiary/aromatic N) is 1. The molecule has 0 bridgehead atoms. The van der Waals surface area contributed by atoms with E-state index in [4.69, 9.17) is 10.5 Å². The molecule has 0 heterocycles. The van der Waals surface area contributed by atoms with Crippen LogP contribution in [0, 0.1) is 10.1 Å². The molecule has 0 saturated heterocycles. The summed E-state index contributed by atoms with van der Waals surface area (Å²) in [6.07, 6.45) is 2.64. The van der Waals surface area contributed by atoms with Crippen molar-refractivity contribution in [3.8, 4) is 5.75 Å². The van der Waals surface area contributed by atoms with Gasteiger partial charge in [0.2, 0.25) is 0 Å². The Balaban J connectivity index is 3.02. The molecule has 0 radical (unpaired) electrons. The molecule has 112 valence electrons. The summed E-state index contributed by atoms with van der Waals surface area (Å²) >= 11 is 0. The fourth-order valence-electron chi connectivity index (χ4n) is 1.97. The standard InChI is InChI=1S/C14H23N3O3/c1-3-6-11(10-15)16-12-7-5-8-13(20-9-4-2)14(12)17(18)19/h5,7-8,11,16H,3-4,6,9-10,15H2,1-2H3. The first kappa shape index (κ1) is 16.2. The maximum Gasteiger partial charge on any atom is 0.333 e. The van der Waals surface area contributed by atoms with Crippen molar-refractivity contribution in [3.05, 3.63) is 28.3 Å². The van der Waals surface area contributed by atoms with Gasteiger partial charge >= 0.3 is 5.69 Å². The maximum absolute atomic E-state index is 11.3. The van der Waals surface area contributed by atoms with Gasteiger partial charge in [0.1, 0.15) is 5.69 Å². The van der Waals surface area contributed by atoms with Gasteiger partial charge in [-0.2, -0.15) is 0 Å². The molecule has 1 rings (SSSR count). The van der Waals surface area contributed by atoms with Gasteiger partial charge in [-0.1, -0.05) is 26.3 Å². The molecule has 1 atom stereocenters. The number of nitro groups is 1. The van der Waals surface area contributed by atoms with E-state index in [0.29, 0.717) is 24.6 Å². The van der Waals surface area contributed by atoms with Gasteiger partial charge in [-0.3, -0.25) is 10.1 Å². The van der Waals surface area contributed by atoms with Crippen LogP contribution >= 0.6 is 0 Å². The van der Waals surface area contributed by atoms with Crippen molar-refractivity contribution >= 4 is 11.4 Å². The third-order valence-electron chi connectivity index (χ3n) is 2.92. The highest BCUT2D eigenvalue weighted by Crippen LogP contribution is 2.35. The number of anilines is 1. The van der Waals surface area contributed by atoms with Crippen molar-refractivity contribution in [2.75, 3.05) is 18.5 Å². The first-order chi connectivity index (χ1) is 9.63. The first-order valence-corrected chi connectivity index (χ1v) is 7.00. The molecule has 6 nitrogen and oxygen atoms in total. The van der Waals surface area contributed by atoms with Crippen LogP contribution in [0.25, 0.3) is 0 Å². The molecule has 0 aliphatic rings. The zero-order valence-electron chi connectivity index (χ0n) is 12.1. The highest BCUT2D eigenvalue weighted by molar-refractivity contribution is 5.68. The van der Waals surface area contributed by atoms with Gasteiger partial charge in [-0.15, -0.1) is 0 Å². The summed E-state index contributed by atoms with van der Waals surface area (Å²) in [6, 6.07) is 5.09. The summed E-state index contributed by atoms with van der Waals surface area (Å²) in [7, 11) is 0. The van der Waals surface area contributed by atoms with E-state index in [1.165, 1.54) is 0 Å². The Morgan fingerprint density at radius 2 is 2.15 bits per heavy atom. The number of rotatable bonds is 9. The van der Waals surface area contributed by atoms with Crippen molar-refractivity contribution in [2.45, 2.75) is 39.2 Å². The molecule has 0 aliphatic heterocycles. The predicted octanol–water partition coefficient (Wildman–Crippen LogP) is 2.92. The Morgan fingerprint density at radius 1 is 1.40 bits per heavy atom. The van der Waals surface area contributed by atoms with E-state index >= 15 is 0 Å². The molecular formula is C14H23N3O3. The van der Waals surface area contributed by atoms with Crippen LogP contribution in [0.4, 0.5) is 11.4 Å². The Morgan fingerprint density at radius 3 is 2.70 bits per heavy atom. The predicted molar refractivity (Wildman–Crippen MR) is 80.3 cm³/mol.